The Morgan fingerprint density at radius 3 is 2.06 bits per heavy atom. The third-order valence-electron chi connectivity index (χ3n) is 4.94. The molecule has 1 aromatic heterocycles. The first-order chi connectivity index (χ1) is 16.4. The van der Waals surface area contributed by atoms with Gasteiger partial charge in [0, 0.05) is 11.4 Å². The van der Waals surface area contributed by atoms with Crippen LogP contribution < -0.4 is 16.2 Å². The first-order valence-electron chi connectivity index (χ1n) is 9.85. The molecular formula is C23H14F6N4O2. The number of H-pyrrole nitrogens is 1. The topological polar surface area (TPSA) is 86.9 Å². The molecule has 6 nitrogen and oxygen atoms in total. The fraction of sp³-hybridized carbons (Fsp3) is 0.0870. The number of carbonyl (C=O) groups is 1. The Bertz CT molecular complexity index is 1450. The summed E-state index contributed by atoms with van der Waals surface area (Å²) in [5.74, 6) is 0. The van der Waals surface area contributed by atoms with Crippen molar-refractivity contribution in [3.63, 3.8) is 0 Å². The van der Waals surface area contributed by atoms with Gasteiger partial charge in [-0.15, -0.1) is 0 Å². The number of alkyl halides is 6. The van der Waals surface area contributed by atoms with E-state index in [1.807, 2.05) is 5.32 Å². The molecule has 0 aliphatic rings. The lowest BCUT2D eigenvalue weighted by Gasteiger charge is -2.15. The number of nitrogens with one attached hydrogen (secondary N) is 3. The third kappa shape index (κ3) is 5.42. The molecular weight excluding hydrogens is 478 g/mol. The van der Waals surface area contributed by atoms with E-state index in [0.29, 0.717) is 34.2 Å². The van der Waals surface area contributed by atoms with Crippen LogP contribution in [0.25, 0.3) is 22.0 Å². The minimum absolute atomic E-state index is 0.0290. The van der Waals surface area contributed by atoms with Crippen LogP contribution in [0.15, 0.2) is 71.8 Å². The van der Waals surface area contributed by atoms with Crippen molar-refractivity contribution in [1.82, 2.24) is 9.97 Å². The zero-order chi connectivity index (χ0) is 25.4. The van der Waals surface area contributed by atoms with Gasteiger partial charge in [-0.2, -0.15) is 26.3 Å². The fourth-order valence-electron chi connectivity index (χ4n) is 3.35. The second-order valence-electron chi connectivity index (χ2n) is 7.42. The maximum atomic E-state index is 13.0. The van der Waals surface area contributed by atoms with Gasteiger partial charge in [0.2, 0.25) is 0 Å². The molecule has 12 heteroatoms. The number of urea groups is 1. The monoisotopic (exact) mass is 492 g/mol. The highest BCUT2D eigenvalue weighted by atomic mass is 19.4. The minimum atomic E-state index is -5.04. The van der Waals surface area contributed by atoms with Gasteiger partial charge >= 0.3 is 18.4 Å². The summed E-state index contributed by atoms with van der Waals surface area (Å²) in [4.78, 5) is 30.7. The third-order valence-corrected chi connectivity index (χ3v) is 4.94. The molecule has 0 bridgehead atoms. The number of benzene rings is 3. The Hall–Kier alpha value is -4.35. The number of anilines is 2. The highest BCUT2D eigenvalue weighted by Crippen LogP contribution is 2.37. The quantitative estimate of drug-likeness (QED) is 0.295. The Morgan fingerprint density at radius 2 is 1.40 bits per heavy atom. The molecule has 0 fully saturated rings. The molecule has 35 heavy (non-hydrogen) atoms. The fourth-order valence-corrected chi connectivity index (χ4v) is 3.35. The Kier molecular flexibility index (Phi) is 5.97. The molecule has 0 saturated carbocycles. The Balaban J connectivity index is 1.57. The molecule has 3 aromatic carbocycles. The molecule has 0 aliphatic heterocycles. The zero-order valence-electron chi connectivity index (χ0n) is 17.4. The lowest BCUT2D eigenvalue weighted by atomic mass is 10.0. The van der Waals surface area contributed by atoms with Gasteiger partial charge in [-0.3, -0.25) is 4.79 Å². The molecule has 1 heterocycles. The van der Waals surface area contributed by atoms with Crippen LogP contribution in [-0.2, 0) is 12.4 Å². The van der Waals surface area contributed by atoms with Crippen molar-refractivity contribution in [2.24, 2.45) is 0 Å². The number of carbonyl (C=O) groups excluding carboxylic acids is 1. The molecule has 0 saturated heterocycles. The van der Waals surface area contributed by atoms with E-state index in [0.717, 1.165) is 0 Å². The number of hydrogen-bond donors (Lipinski definition) is 3. The van der Waals surface area contributed by atoms with E-state index in [1.165, 1.54) is 12.4 Å². The zero-order valence-corrected chi connectivity index (χ0v) is 17.4. The molecule has 180 valence electrons. The lowest BCUT2D eigenvalue weighted by Crippen LogP contribution is -2.20. The van der Waals surface area contributed by atoms with Crippen molar-refractivity contribution in [3.8, 4) is 11.1 Å². The van der Waals surface area contributed by atoms with Crippen LogP contribution in [-0.4, -0.2) is 16.0 Å². The summed E-state index contributed by atoms with van der Waals surface area (Å²) in [7, 11) is 0. The van der Waals surface area contributed by atoms with E-state index in [1.54, 1.807) is 36.4 Å². The van der Waals surface area contributed by atoms with Gasteiger partial charge < -0.3 is 15.6 Å². The summed E-state index contributed by atoms with van der Waals surface area (Å²) in [6, 6.07) is 11.0. The number of aromatic nitrogens is 2. The number of rotatable bonds is 3. The number of nitrogens with zero attached hydrogens (tertiary/aromatic N) is 1. The van der Waals surface area contributed by atoms with Crippen LogP contribution in [0.2, 0.25) is 0 Å². The second-order valence-corrected chi connectivity index (χ2v) is 7.42. The molecule has 2 amide bonds. The Labute approximate surface area is 192 Å². The maximum absolute atomic E-state index is 13.0. The van der Waals surface area contributed by atoms with Crippen LogP contribution >= 0.6 is 0 Å². The van der Waals surface area contributed by atoms with E-state index in [4.69, 9.17) is 0 Å². The highest BCUT2D eigenvalue weighted by Gasteiger charge is 2.37. The number of amides is 2. The van der Waals surface area contributed by atoms with Crippen molar-refractivity contribution in [2.75, 3.05) is 10.6 Å². The molecule has 0 atom stereocenters. The van der Waals surface area contributed by atoms with E-state index in [-0.39, 0.29) is 17.3 Å². The standard InChI is InChI=1S/C23H14F6N4O2/c24-22(25,26)14-8-15(23(27,28)29)10-17(9-14)33-21(35)32-16-3-1-2-12(6-16)13-4-5-18-19(7-13)30-11-31-20(18)34/h1-11H,(H,30,31,34)(H2,32,33,35). The van der Waals surface area contributed by atoms with Gasteiger partial charge in [0.15, 0.2) is 0 Å². The van der Waals surface area contributed by atoms with E-state index in [2.05, 4.69) is 15.3 Å². The molecule has 0 aliphatic carbocycles. The summed E-state index contributed by atoms with van der Waals surface area (Å²) in [6.45, 7) is 0. The maximum Gasteiger partial charge on any atom is 0.416 e. The molecule has 4 aromatic rings. The highest BCUT2D eigenvalue weighted by molar-refractivity contribution is 6.00. The summed E-state index contributed by atoms with van der Waals surface area (Å²) in [6.07, 6.45) is -8.82. The van der Waals surface area contributed by atoms with Gasteiger partial charge in [-0.1, -0.05) is 18.2 Å². The Morgan fingerprint density at radius 1 is 0.771 bits per heavy atom. The summed E-state index contributed by atoms with van der Waals surface area (Å²) in [5, 5.41) is 4.77. The first-order valence-corrected chi connectivity index (χ1v) is 9.85. The average Bonchev–Trinajstić information content (AvgIpc) is 2.78. The minimum Gasteiger partial charge on any atom is -0.313 e. The number of aromatic amines is 1. The van der Waals surface area contributed by atoms with Crippen LogP contribution in [0, 0.1) is 0 Å². The van der Waals surface area contributed by atoms with Crippen LogP contribution in [0.5, 0.6) is 0 Å². The number of halogens is 6. The van der Waals surface area contributed by atoms with Crippen LogP contribution in [0.3, 0.4) is 0 Å². The lowest BCUT2D eigenvalue weighted by molar-refractivity contribution is -0.143. The summed E-state index contributed by atoms with van der Waals surface area (Å²) >= 11 is 0. The normalized spacial score (nSPS) is 11.9. The smallest absolute Gasteiger partial charge is 0.313 e. The molecule has 4 rings (SSSR count). The number of fused-ring (bicyclic) bond motifs is 1. The van der Waals surface area contributed by atoms with Crippen molar-refractivity contribution in [2.45, 2.75) is 12.4 Å². The van der Waals surface area contributed by atoms with Crippen LogP contribution in [0.1, 0.15) is 11.1 Å². The predicted molar refractivity (Wildman–Crippen MR) is 117 cm³/mol. The molecule has 0 unspecified atom stereocenters. The largest absolute Gasteiger partial charge is 0.416 e. The van der Waals surface area contributed by atoms with Crippen molar-refractivity contribution < 1.29 is 31.1 Å². The van der Waals surface area contributed by atoms with Gasteiger partial charge in [0.25, 0.3) is 5.56 Å². The molecule has 0 radical (unpaired) electrons. The van der Waals surface area contributed by atoms with Crippen molar-refractivity contribution >= 4 is 28.3 Å². The van der Waals surface area contributed by atoms with E-state index >= 15 is 0 Å². The molecule has 0 spiro atoms. The van der Waals surface area contributed by atoms with Crippen LogP contribution in [0.4, 0.5) is 42.5 Å². The summed E-state index contributed by atoms with van der Waals surface area (Å²) < 4.78 is 78.2. The summed E-state index contributed by atoms with van der Waals surface area (Å²) in [5.41, 5.74) is -2.14. The van der Waals surface area contributed by atoms with Gasteiger partial charge in [0.1, 0.15) is 0 Å². The number of hydrogen-bond acceptors (Lipinski definition) is 3. The SMILES string of the molecule is O=C(Nc1cccc(-c2ccc3c(=O)[nH]cnc3c2)c1)Nc1cc(C(F)(F)F)cc(C(F)(F)F)c1. The van der Waals surface area contributed by atoms with E-state index in [9.17, 15) is 35.9 Å². The first kappa shape index (κ1) is 23.8. The van der Waals surface area contributed by atoms with Crippen molar-refractivity contribution in [1.29, 1.82) is 0 Å². The second kappa shape index (κ2) is 8.78. The van der Waals surface area contributed by atoms with Gasteiger partial charge in [-0.05, 0) is 53.6 Å². The van der Waals surface area contributed by atoms with Crippen molar-refractivity contribution in [3.05, 3.63) is 88.5 Å². The van der Waals surface area contributed by atoms with Gasteiger partial charge in [0.05, 0.1) is 28.4 Å². The predicted octanol–water partition coefficient (Wildman–Crippen LogP) is 6.27. The van der Waals surface area contributed by atoms with E-state index < -0.39 is 35.2 Å². The molecule has 3 N–H and O–H groups in total. The van der Waals surface area contributed by atoms with Gasteiger partial charge in [-0.25, -0.2) is 9.78 Å². The average molecular weight is 492 g/mol.